The Hall–Kier alpha value is -2.68. The molecule has 0 amide bonds. The lowest BCUT2D eigenvalue weighted by Crippen LogP contribution is -2.33. The van der Waals surface area contributed by atoms with Gasteiger partial charge in [-0.15, -0.1) is 0 Å². The molecule has 0 aliphatic carbocycles. The Labute approximate surface area is 116 Å². The summed E-state index contributed by atoms with van der Waals surface area (Å²) < 4.78 is 15.1. The maximum atomic E-state index is 13.1. The van der Waals surface area contributed by atoms with Gasteiger partial charge in [0.1, 0.15) is 5.82 Å². The SMILES string of the molecule is Nc1ccc(-c2ccc(F)cc2)[n+](-c2ccccc2)c1. The Morgan fingerprint density at radius 3 is 2.20 bits per heavy atom. The summed E-state index contributed by atoms with van der Waals surface area (Å²) in [7, 11) is 0. The van der Waals surface area contributed by atoms with Crippen LogP contribution in [0.4, 0.5) is 10.1 Å². The first-order valence-electron chi connectivity index (χ1n) is 6.36. The molecule has 3 aromatic rings. The summed E-state index contributed by atoms with van der Waals surface area (Å²) in [5.74, 6) is -0.240. The van der Waals surface area contributed by atoms with Crippen molar-refractivity contribution in [3.63, 3.8) is 0 Å². The van der Waals surface area contributed by atoms with Crippen molar-refractivity contribution in [1.29, 1.82) is 0 Å². The first-order valence-corrected chi connectivity index (χ1v) is 6.36. The van der Waals surface area contributed by atoms with Crippen molar-refractivity contribution in [2.75, 3.05) is 5.73 Å². The number of nitrogens with two attached hydrogens (primary N) is 1. The lowest BCUT2D eigenvalue weighted by molar-refractivity contribution is -0.583. The molecule has 0 atom stereocenters. The van der Waals surface area contributed by atoms with Gasteiger partial charge in [-0.25, -0.2) is 4.39 Å². The Bertz CT molecular complexity index is 722. The van der Waals surface area contributed by atoms with E-state index in [0.717, 1.165) is 16.9 Å². The van der Waals surface area contributed by atoms with E-state index in [1.165, 1.54) is 12.1 Å². The van der Waals surface area contributed by atoms with E-state index in [0.29, 0.717) is 5.69 Å². The highest BCUT2D eigenvalue weighted by Crippen LogP contribution is 2.18. The number of para-hydroxylation sites is 1. The molecule has 0 unspecified atom stereocenters. The van der Waals surface area contributed by atoms with Crippen molar-refractivity contribution in [3.05, 3.63) is 78.7 Å². The monoisotopic (exact) mass is 265 g/mol. The smallest absolute Gasteiger partial charge is 0.218 e. The molecule has 2 aromatic carbocycles. The van der Waals surface area contributed by atoms with E-state index in [1.54, 1.807) is 12.1 Å². The molecule has 2 nitrogen and oxygen atoms in total. The second-order valence-electron chi connectivity index (χ2n) is 4.56. The highest BCUT2D eigenvalue weighted by molar-refractivity contribution is 5.58. The van der Waals surface area contributed by atoms with E-state index >= 15 is 0 Å². The van der Waals surface area contributed by atoms with E-state index in [1.807, 2.05) is 53.2 Å². The number of nitrogens with zero attached hydrogens (tertiary/aromatic N) is 1. The second-order valence-corrected chi connectivity index (χ2v) is 4.56. The molecule has 1 aromatic heterocycles. The quantitative estimate of drug-likeness (QED) is 0.707. The molecular formula is C17H14FN2+. The Morgan fingerprint density at radius 1 is 0.800 bits per heavy atom. The standard InChI is InChI=1S/C17H14FN2/c18-14-8-6-13(7-9-14)17-11-10-15(19)12-20(17)16-4-2-1-3-5-16/h1-12H,19H2/q+1. The van der Waals surface area contributed by atoms with E-state index in [-0.39, 0.29) is 5.82 Å². The predicted octanol–water partition coefficient (Wildman–Crippen LogP) is 3.35. The van der Waals surface area contributed by atoms with Crippen LogP contribution in [0.5, 0.6) is 0 Å². The number of halogens is 1. The number of nitrogen functional groups attached to an aromatic ring is 1. The maximum absolute atomic E-state index is 13.1. The van der Waals surface area contributed by atoms with Gasteiger partial charge in [-0.1, -0.05) is 18.2 Å². The fraction of sp³-hybridized carbons (Fsp3) is 0. The van der Waals surface area contributed by atoms with Crippen LogP contribution in [0, 0.1) is 5.82 Å². The second kappa shape index (κ2) is 5.13. The molecule has 2 N–H and O–H groups in total. The number of benzene rings is 2. The molecule has 0 saturated heterocycles. The summed E-state index contributed by atoms with van der Waals surface area (Å²) in [6.45, 7) is 0. The third-order valence-corrected chi connectivity index (χ3v) is 3.15. The van der Waals surface area contributed by atoms with Crippen LogP contribution in [0.15, 0.2) is 72.9 Å². The molecule has 0 aliphatic heterocycles. The normalized spacial score (nSPS) is 10.4. The Kier molecular flexibility index (Phi) is 3.17. The van der Waals surface area contributed by atoms with Crippen LogP contribution in [0.25, 0.3) is 16.9 Å². The van der Waals surface area contributed by atoms with Crippen LogP contribution in [0.1, 0.15) is 0 Å². The Morgan fingerprint density at radius 2 is 1.50 bits per heavy atom. The van der Waals surface area contributed by atoms with Gasteiger partial charge < -0.3 is 5.73 Å². The highest BCUT2D eigenvalue weighted by atomic mass is 19.1. The molecule has 0 aliphatic rings. The lowest BCUT2D eigenvalue weighted by Gasteiger charge is -2.04. The van der Waals surface area contributed by atoms with Crippen LogP contribution in [-0.2, 0) is 0 Å². The fourth-order valence-electron chi connectivity index (χ4n) is 2.18. The summed E-state index contributed by atoms with van der Waals surface area (Å²) in [5, 5.41) is 0. The Balaban J connectivity index is 2.19. The summed E-state index contributed by atoms with van der Waals surface area (Å²) in [4.78, 5) is 0. The summed E-state index contributed by atoms with van der Waals surface area (Å²) in [5.41, 5.74) is 9.48. The van der Waals surface area contributed by atoms with Crippen molar-refractivity contribution < 1.29 is 8.96 Å². The predicted molar refractivity (Wildman–Crippen MR) is 77.8 cm³/mol. The van der Waals surface area contributed by atoms with E-state index < -0.39 is 0 Å². The van der Waals surface area contributed by atoms with Crippen LogP contribution < -0.4 is 10.3 Å². The highest BCUT2D eigenvalue weighted by Gasteiger charge is 2.15. The zero-order valence-electron chi connectivity index (χ0n) is 10.8. The van der Waals surface area contributed by atoms with Crippen LogP contribution in [0.2, 0.25) is 0 Å². The van der Waals surface area contributed by atoms with E-state index in [4.69, 9.17) is 5.73 Å². The van der Waals surface area contributed by atoms with Gasteiger partial charge in [0.2, 0.25) is 11.4 Å². The molecule has 0 saturated carbocycles. The minimum absolute atomic E-state index is 0.240. The lowest BCUT2D eigenvalue weighted by atomic mass is 10.1. The number of pyridine rings is 1. The number of rotatable bonds is 2. The van der Waals surface area contributed by atoms with Gasteiger partial charge in [-0.3, -0.25) is 0 Å². The van der Waals surface area contributed by atoms with Crippen LogP contribution in [-0.4, -0.2) is 0 Å². The van der Waals surface area contributed by atoms with Crippen molar-refractivity contribution in [2.24, 2.45) is 0 Å². The minimum atomic E-state index is -0.240. The first kappa shape index (κ1) is 12.4. The van der Waals surface area contributed by atoms with Gasteiger partial charge in [0.15, 0.2) is 6.20 Å². The van der Waals surface area contributed by atoms with Gasteiger partial charge in [-0.05, 0) is 30.3 Å². The number of hydrogen-bond donors (Lipinski definition) is 1. The van der Waals surface area contributed by atoms with Gasteiger partial charge in [0.05, 0.1) is 5.69 Å². The van der Waals surface area contributed by atoms with Crippen molar-refractivity contribution >= 4 is 5.69 Å². The molecular weight excluding hydrogens is 251 g/mol. The van der Waals surface area contributed by atoms with Crippen molar-refractivity contribution in [3.8, 4) is 16.9 Å². The fourth-order valence-corrected chi connectivity index (χ4v) is 2.18. The first-order chi connectivity index (χ1) is 9.74. The number of anilines is 1. The van der Waals surface area contributed by atoms with Gasteiger partial charge in [-0.2, -0.15) is 4.57 Å². The summed E-state index contributed by atoms with van der Waals surface area (Å²) >= 11 is 0. The van der Waals surface area contributed by atoms with Gasteiger partial charge in [0.25, 0.3) is 0 Å². The molecule has 0 fully saturated rings. The average Bonchev–Trinajstić information content (AvgIpc) is 2.49. The van der Waals surface area contributed by atoms with E-state index in [2.05, 4.69) is 0 Å². The van der Waals surface area contributed by atoms with Gasteiger partial charge in [0, 0.05) is 23.8 Å². The largest absolute Gasteiger partial charge is 0.394 e. The molecule has 98 valence electrons. The van der Waals surface area contributed by atoms with E-state index in [9.17, 15) is 4.39 Å². The summed E-state index contributed by atoms with van der Waals surface area (Å²) in [6.07, 6.45) is 1.87. The molecule has 0 radical (unpaired) electrons. The number of hydrogen-bond acceptors (Lipinski definition) is 1. The molecule has 3 heteroatoms. The van der Waals surface area contributed by atoms with Crippen molar-refractivity contribution in [1.82, 2.24) is 0 Å². The third-order valence-electron chi connectivity index (χ3n) is 3.15. The molecule has 0 spiro atoms. The molecule has 0 bridgehead atoms. The molecule has 20 heavy (non-hydrogen) atoms. The van der Waals surface area contributed by atoms with Crippen LogP contribution in [0.3, 0.4) is 0 Å². The zero-order chi connectivity index (χ0) is 13.9. The van der Waals surface area contributed by atoms with Gasteiger partial charge >= 0.3 is 0 Å². The topological polar surface area (TPSA) is 29.9 Å². The zero-order valence-corrected chi connectivity index (χ0v) is 10.8. The number of aromatic nitrogens is 1. The third kappa shape index (κ3) is 2.38. The van der Waals surface area contributed by atoms with Crippen molar-refractivity contribution in [2.45, 2.75) is 0 Å². The summed E-state index contributed by atoms with van der Waals surface area (Å²) in [6, 6.07) is 20.2. The molecule has 3 rings (SSSR count). The molecule has 1 heterocycles. The average molecular weight is 265 g/mol. The van der Waals surface area contributed by atoms with Crippen LogP contribution >= 0.6 is 0 Å². The minimum Gasteiger partial charge on any atom is -0.394 e. The maximum Gasteiger partial charge on any atom is 0.218 e.